The van der Waals surface area contributed by atoms with E-state index in [-0.39, 0.29) is 5.97 Å². The average molecular weight is 313 g/mol. The molecule has 0 atom stereocenters. The van der Waals surface area contributed by atoms with E-state index in [4.69, 9.17) is 0 Å². The van der Waals surface area contributed by atoms with E-state index in [2.05, 4.69) is 31.7 Å². The number of methoxy groups -OCH3 is 1. The van der Waals surface area contributed by atoms with Gasteiger partial charge in [-0.3, -0.25) is 9.79 Å². The molecule has 6 heteroatoms. The van der Waals surface area contributed by atoms with Gasteiger partial charge in [-0.25, -0.2) is 0 Å². The van der Waals surface area contributed by atoms with Gasteiger partial charge in [0.1, 0.15) is 0 Å². The minimum absolute atomic E-state index is 0.184. The zero-order chi connectivity index (χ0) is 15.1. The zero-order valence-electron chi connectivity index (χ0n) is 13.2. The van der Waals surface area contributed by atoms with Crippen LogP contribution in [0.2, 0.25) is 0 Å². The number of carbonyl (C=O) groups excluding carboxylic acids is 1. The summed E-state index contributed by atoms with van der Waals surface area (Å²) in [5, 5.41) is 3.29. The highest BCUT2D eigenvalue weighted by Gasteiger charge is 2.38. The van der Waals surface area contributed by atoms with Crippen LogP contribution in [-0.4, -0.2) is 61.1 Å². The second-order valence-electron chi connectivity index (χ2n) is 5.81. The van der Waals surface area contributed by atoms with Crippen LogP contribution in [0, 0.1) is 0 Å². The number of hydrogen-bond acceptors (Lipinski definition) is 4. The Morgan fingerprint density at radius 2 is 2.14 bits per heavy atom. The molecular weight excluding hydrogens is 286 g/mol. The third kappa shape index (κ3) is 4.53. The number of nitrogens with zero attached hydrogens (tertiary/aromatic N) is 2. The van der Waals surface area contributed by atoms with E-state index in [1.165, 1.54) is 39.2 Å². The molecule has 1 aliphatic carbocycles. The Morgan fingerprint density at radius 3 is 2.81 bits per heavy atom. The van der Waals surface area contributed by atoms with Gasteiger partial charge in [0.25, 0.3) is 0 Å². The molecular formula is C15H27N3O2S. The zero-order valence-corrected chi connectivity index (χ0v) is 14.0. The maximum atomic E-state index is 11.2. The Labute approximate surface area is 131 Å². The fourth-order valence-corrected chi connectivity index (χ4v) is 4.80. The predicted octanol–water partition coefficient (Wildman–Crippen LogP) is 1.88. The molecule has 2 fully saturated rings. The molecule has 0 unspecified atom stereocenters. The molecule has 1 saturated carbocycles. The second kappa shape index (κ2) is 7.92. The average Bonchev–Trinajstić information content (AvgIpc) is 2.52. The Kier molecular flexibility index (Phi) is 6.21. The summed E-state index contributed by atoms with van der Waals surface area (Å²) in [7, 11) is 3.24. The molecule has 1 aliphatic heterocycles. The Hall–Kier alpha value is -0.910. The number of esters is 1. The van der Waals surface area contributed by atoms with Crippen molar-refractivity contribution in [3.8, 4) is 0 Å². The van der Waals surface area contributed by atoms with E-state index in [0.29, 0.717) is 17.7 Å². The van der Waals surface area contributed by atoms with Crippen molar-refractivity contribution in [2.45, 2.75) is 43.3 Å². The summed E-state index contributed by atoms with van der Waals surface area (Å²) in [6.07, 6.45) is 7.13. The van der Waals surface area contributed by atoms with Gasteiger partial charge in [-0.05, 0) is 12.8 Å². The third-order valence-electron chi connectivity index (χ3n) is 4.36. The normalized spacial score (nSPS) is 22.2. The molecule has 0 radical (unpaired) electrons. The first kappa shape index (κ1) is 16.5. The van der Waals surface area contributed by atoms with Gasteiger partial charge in [0.15, 0.2) is 5.96 Å². The van der Waals surface area contributed by atoms with Crippen molar-refractivity contribution in [3.05, 3.63) is 0 Å². The van der Waals surface area contributed by atoms with E-state index in [0.717, 1.165) is 24.8 Å². The number of thioether (sulfide) groups is 1. The molecule has 21 heavy (non-hydrogen) atoms. The molecule has 2 aliphatic rings. The van der Waals surface area contributed by atoms with Crippen molar-refractivity contribution in [2.24, 2.45) is 4.99 Å². The van der Waals surface area contributed by atoms with E-state index in [9.17, 15) is 4.79 Å². The number of nitrogens with one attached hydrogen (secondary N) is 1. The maximum Gasteiger partial charge on any atom is 0.307 e. The standard InChI is InChI=1S/C15H27N3O2S/c1-16-14(17-9-6-13(19)20-2)18-10-11-21-15(12-18)7-4-3-5-8-15/h3-12H2,1-2H3,(H,16,17). The van der Waals surface area contributed by atoms with Crippen LogP contribution in [0.4, 0.5) is 0 Å². The lowest BCUT2D eigenvalue weighted by molar-refractivity contribution is -0.140. The van der Waals surface area contributed by atoms with Crippen LogP contribution < -0.4 is 5.32 Å². The van der Waals surface area contributed by atoms with Crippen LogP contribution in [0.15, 0.2) is 4.99 Å². The van der Waals surface area contributed by atoms with Crippen molar-refractivity contribution in [1.29, 1.82) is 0 Å². The molecule has 1 N–H and O–H groups in total. The highest BCUT2D eigenvalue weighted by Crippen LogP contribution is 2.42. The first-order valence-electron chi connectivity index (χ1n) is 7.85. The summed E-state index contributed by atoms with van der Waals surface area (Å²) in [5.74, 6) is 1.90. The molecule has 0 amide bonds. The van der Waals surface area contributed by atoms with E-state index < -0.39 is 0 Å². The summed E-state index contributed by atoms with van der Waals surface area (Å²) in [5.41, 5.74) is 0. The van der Waals surface area contributed by atoms with E-state index >= 15 is 0 Å². The summed E-state index contributed by atoms with van der Waals surface area (Å²) in [6.45, 7) is 2.69. The fraction of sp³-hybridized carbons (Fsp3) is 0.867. The summed E-state index contributed by atoms with van der Waals surface area (Å²) in [6, 6.07) is 0. The number of carbonyl (C=O) groups is 1. The molecule has 2 rings (SSSR count). The van der Waals surface area contributed by atoms with Crippen LogP contribution in [0.3, 0.4) is 0 Å². The highest BCUT2D eigenvalue weighted by molar-refractivity contribution is 8.00. The molecule has 0 aromatic rings. The summed E-state index contributed by atoms with van der Waals surface area (Å²) in [4.78, 5) is 17.9. The maximum absolute atomic E-state index is 11.2. The van der Waals surface area contributed by atoms with E-state index in [1.54, 1.807) is 0 Å². The van der Waals surface area contributed by atoms with Gasteiger partial charge in [0, 0.05) is 37.2 Å². The lowest BCUT2D eigenvalue weighted by atomic mass is 9.87. The summed E-state index contributed by atoms with van der Waals surface area (Å²) < 4.78 is 5.09. The van der Waals surface area contributed by atoms with Crippen LogP contribution in [-0.2, 0) is 9.53 Å². The number of rotatable bonds is 3. The molecule has 0 bridgehead atoms. The van der Waals surface area contributed by atoms with Crippen molar-refractivity contribution >= 4 is 23.7 Å². The van der Waals surface area contributed by atoms with Crippen LogP contribution in [0.25, 0.3) is 0 Å². The summed E-state index contributed by atoms with van der Waals surface area (Å²) >= 11 is 2.15. The fourth-order valence-electron chi connectivity index (χ4n) is 3.23. The van der Waals surface area contributed by atoms with Crippen LogP contribution >= 0.6 is 11.8 Å². The second-order valence-corrected chi connectivity index (χ2v) is 7.38. The van der Waals surface area contributed by atoms with Gasteiger partial charge in [0.05, 0.1) is 13.5 Å². The van der Waals surface area contributed by atoms with Gasteiger partial charge in [-0.1, -0.05) is 19.3 Å². The SMILES string of the molecule is CN=C(NCCC(=O)OC)N1CCSC2(CCCCC2)C1. The number of aliphatic imine (C=N–C) groups is 1. The quantitative estimate of drug-likeness (QED) is 0.490. The largest absolute Gasteiger partial charge is 0.469 e. The van der Waals surface area contributed by atoms with Crippen molar-refractivity contribution < 1.29 is 9.53 Å². The predicted molar refractivity (Wildman–Crippen MR) is 87.8 cm³/mol. The third-order valence-corrected chi connectivity index (χ3v) is 5.90. The minimum Gasteiger partial charge on any atom is -0.469 e. The van der Waals surface area contributed by atoms with Gasteiger partial charge in [-0.15, -0.1) is 0 Å². The van der Waals surface area contributed by atoms with Crippen molar-refractivity contribution in [3.63, 3.8) is 0 Å². The first-order chi connectivity index (χ1) is 10.2. The Morgan fingerprint density at radius 1 is 1.38 bits per heavy atom. The Bertz CT molecular complexity index is 376. The van der Waals surface area contributed by atoms with Crippen molar-refractivity contribution in [2.75, 3.05) is 39.5 Å². The van der Waals surface area contributed by atoms with E-state index in [1.807, 2.05) is 7.05 Å². The number of hydrogen-bond donors (Lipinski definition) is 1. The van der Waals surface area contributed by atoms with Crippen LogP contribution in [0.5, 0.6) is 0 Å². The molecule has 5 nitrogen and oxygen atoms in total. The lowest BCUT2D eigenvalue weighted by Gasteiger charge is -2.45. The molecule has 1 saturated heterocycles. The number of guanidine groups is 1. The van der Waals surface area contributed by atoms with Gasteiger partial charge >= 0.3 is 5.97 Å². The van der Waals surface area contributed by atoms with Gasteiger partial charge in [-0.2, -0.15) is 11.8 Å². The van der Waals surface area contributed by atoms with Gasteiger partial charge < -0.3 is 15.0 Å². The monoisotopic (exact) mass is 313 g/mol. The molecule has 1 heterocycles. The van der Waals surface area contributed by atoms with Crippen LogP contribution in [0.1, 0.15) is 38.5 Å². The van der Waals surface area contributed by atoms with Crippen molar-refractivity contribution in [1.82, 2.24) is 10.2 Å². The minimum atomic E-state index is -0.184. The number of ether oxygens (including phenoxy) is 1. The Balaban J connectivity index is 1.87. The molecule has 1 spiro atoms. The smallest absolute Gasteiger partial charge is 0.307 e. The molecule has 120 valence electrons. The molecule has 0 aromatic heterocycles. The topological polar surface area (TPSA) is 53.9 Å². The first-order valence-corrected chi connectivity index (χ1v) is 8.84. The highest BCUT2D eigenvalue weighted by atomic mass is 32.2. The lowest BCUT2D eigenvalue weighted by Crippen LogP contribution is -2.53. The van der Waals surface area contributed by atoms with Gasteiger partial charge in [0.2, 0.25) is 0 Å². The molecule has 0 aromatic carbocycles.